The Morgan fingerprint density at radius 1 is 1.19 bits per heavy atom. The normalized spacial score (nSPS) is 10.8. The van der Waals surface area contributed by atoms with Crippen molar-refractivity contribution in [1.29, 1.82) is 0 Å². The van der Waals surface area contributed by atoms with Gasteiger partial charge < -0.3 is 10.1 Å². The van der Waals surface area contributed by atoms with Gasteiger partial charge in [0.25, 0.3) is 11.7 Å². The average Bonchev–Trinajstić information content (AvgIpc) is 3.15. The van der Waals surface area contributed by atoms with Crippen LogP contribution >= 0.6 is 0 Å². The molecule has 0 atom stereocenters. The number of benzene rings is 1. The highest BCUT2D eigenvalue weighted by Gasteiger charge is 2.18. The predicted octanol–water partition coefficient (Wildman–Crippen LogP) is 2.35. The lowest BCUT2D eigenvalue weighted by Gasteiger charge is -2.13. The summed E-state index contributed by atoms with van der Waals surface area (Å²) in [6.45, 7) is 5.45. The number of carbonyl (C=O) groups is 2. The molecule has 140 valence electrons. The summed E-state index contributed by atoms with van der Waals surface area (Å²) >= 11 is 0. The zero-order valence-corrected chi connectivity index (χ0v) is 15.5. The van der Waals surface area contributed by atoms with Crippen molar-refractivity contribution in [2.24, 2.45) is 0 Å². The molecule has 0 spiro atoms. The molecule has 0 aliphatic rings. The third kappa shape index (κ3) is 3.79. The van der Waals surface area contributed by atoms with E-state index >= 15 is 0 Å². The SMILES string of the molecule is CCc1cccc(C)c1NC(=O)COC(=O)c1cnc2ncnn2c1CC. The van der Waals surface area contributed by atoms with Crippen LogP contribution < -0.4 is 5.32 Å². The van der Waals surface area contributed by atoms with Gasteiger partial charge in [-0.15, -0.1) is 0 Å². The zero-order valence-electron chi connectivity index (χ0n) is 15.5. The molecule has 0 radical (unpaired) electrons. The van der Waals surface area contributed by atoms with Crippen molar-refractivity contribution in [1.82, 2.24) is 19.6 Å². The number of amides is 1. The number of para-hydroxylation sites is 1. The summed E-state index contributed by atoms with van der Waals surface area (Å²) in [6, 6.07) is 5.83. The molecule has 0 saturated carbocycles. The Morgan fingerprint density at radius 2 is 2.00 bits per heavy atom. The summed E-state index contributed by atoms with van der Waals surface area (Å²) in [6.07, 6.45) is 4.11. The number of nitrogens with one attached hydrogen (secondary N) is 1. The molecule has 2 aromatic heterocycles. The van der Waals surface area contributed by atoms with Gasteiger partial charge in [0.05, 0.1) is 11.3 Å². The monoisotopic (exact) mass is 367 g/mol. The van der Waals surface area contributed by atoms with Crippen molar-refractivity contribution in [2.75, 3.05) is 11.9 Å². The van der Waals surface area contributed by atoms with Crippen LogP contribution in [0, 0.1) is 6.92 Å². The van der Waals surface area contributed by atoms with Gasteiger partial charge in [0, 0.05) is 11.9 Å². The molecule has 1 amide bonds. The number of hydrogen-bond acceptors (Lipinski definition) is 6. The first-order chi connectivity index (χ1) is 13.0. The largest absolute Gasteiger partial charge is 0.452 e. The van der Waals surface area contributed by atoms with Gasteiger partial charge in [0.1, 0.15) is 6.33 Å². The Hall–Kier alpha value is -3.29. The maximum atomic E-state index is 12.4. The molecule has 0 bridgehead atoms. The molecule has 1 N–H and O–H groups in total. The number of carbonyl (C=O) groups excluding carboxylic acids is 2. The van der Waals surface area contributed by atoms with Crippen molar-refractivity contribution in [3.05, 3.63) is 53.1 Å². The average molecular weight is 367 g/mol. The van der Waals surface area contributed by atoms with Crippen LogP contribution in [-0.2, 0) is 22.4 Å². The molecular weight excluding hydrogens is 346 g/mol. The predicted molar refractivity (Wildman–Crippen MR) is 99.6 cm³/mol. The van der Waals surface area contributed by atoms with Gasteiger partial charge in [-0.05, 0) is 30.9 Å². The van der Waals surface area contributed by atoms with Crippen LogP contribution in [0.5, 0.6) is 0 Å². The highest BCUT2D eigenvalue weighted by Crippen LogP contribution is 2.21. The van der Waals surface area contributed by atoms with E-state index in [1.165, 1.54) is 17.0 Å². The topological polar surface area (TPSA) is 98.5 Å². The molecular formula is C19H21N5O3. The van der Waals surface area contributed by atoms with Crippen LogP contribution in [0.3, 0.4) is 0 Å². The Balaban J connectivity index is 1.70. The second-order valence-electron chi connectivity index (χ2n) is 6.03. The number of ether oxygens (including phenoxy) is 1. The summed E-state index contributed by atoms with van der Waals surface area (Å²) in [7, 11) is 0. The van der Waals surface area contributed by atoms with Gasteiger partial charge in [-0.3, -0.25) is 4.79 Å². The fourth-order valence-electron chi connectivity index (χ4n) is 2.92. The second kappa shape index (κ2) is 7.94. The molecule has 8 nitrogen and oxygen atoms in total. The highest BCUT2D eigenvalue weighted by molar-refractivity contribution is 5.96. The third-order valence-corrected chi connectivity index (χ3v) is 4.30. The molecule has 3 rings (SSSR count). The van der Waals surface area contributed by atoms with Gasteiger partial charge in [0.2, 0.25) is 0 Å². The number of nitrogens with zero attached hydrogens (tertiary/aromatic N) is 4. The number of aryl methyl sites for hydroxylation is 3. The maximum absolute atomic E-state index is 12.4. The summed E-state index contributed by atoms with van der Waals surface area (Å²) in [4.78, 5) is 32.8. The molecule has 1 aromatic carbocycles. The number of rotatable bonds is 6. The zero-order chi connectivity index (χ0) is 19.4. The number of aromatic nitrogens is 4. The lowest BCUT2D eigenvalue weighted by atomic mass is 10.1. The van der Waals surface area contributed by atoms with Gasteiger partial charge in [-0.25, -0.2) is 14.3 Å². The van der Waals surface area contributed by atoms with Crippen LogP contribution in [0.1, 0.15) is 41.0 Å². The Morgan fingerprint density at radius 3 is 2.74 bits per heavy atom. The highest BCUT2D eigenvalue weighted by atomic mass is 16.5. The van der Waals surface area contributed by atoms with Crippen LogP contribution in [-0.4, -0.2) is 38.1 Å². The van der Waals surface area contributed by atoms with Gasteiger partial charge in [0.15, 0.2) is 6.61 Å². The van der Waals surface area contributed by atoms with Crippen molar-refractivity contribution in [3.8, 4) is 0 Å². The van der Waals surface area contributed by atoms with Crippen molar-refractivity contribution >= 4 is 23.3 Å². The second-order valence-corrected chi connectivity index (χ2v) is 6.03. The number of esters is 1. The standard InChI is InChI=1S/C19H21N5O3/c1-4-13-8-6-7-12(3)17(13)23-16(25)10-27-18(26)14-9-20-19-21-11-22-24(19)15(14)5-2/h6-9,11H,4-5,10H2,1-3H3,(H,23,25). The Bertz CT molecular complexity index is 996. The fourth-order valence-corrected chi connectivity index (χ4v) is 2.92. The summed E-state index contributed by atoms with van der Waals surface area (Å²) in [5, 5.41) is 6.90. The minimum Gasteiger partial charge on any atom is -0.452 e. The molecule has 0 saturated heterocycles. The minimum atomic E-state index is -0.618. The third-order valence-electron chi connectivity index (χ3n) is 4.30. The van der Waals surface area contributed by atoms with E-state index in [-0.39, 0.29) is 18.1 Å². The molecule has 8 heteroatoms. The first-order valence-corrected chi connectivity index (χ1v) is 8.78. The van der Waals surface area contributed by atoms with Gasteiger partial charge in [-0.2, -0.15) is 10.1 Å². The summed E-state index contributed by atoms with van der Waals surface area (Å²) in [5.41, 5.74) is 3.66. The van der Waals surface area contributed by atoms with Crippen LogP contribution in [0.4, 0.5) is 5.69 Å². The summed E-state index contributed by atoms with van der Waals surface area (Å²) in [5.74, 6) is -0.597. The first-order valence-electron chi connectivity index (χ1n) is 8.78. The van der Waals surface area contributed by atoms with Crippen LogP contribution in [0.25, 0.3) is 5.78 Å². The van der Waals surface area contributed by atoms with Crippen LogP contribution in [0.2, 0.25) is 0 Å². The van der Waals surface area contributed by atoms with Gasteiger partial charge in [-0.1, -0.05) is 32.0 Å². The summed E-state index contributed by atoms with van der Waals surface area (Å²) < 4.78 is 6.69. The fraction of sp³-hybridized carbons (Fsp3) is 0.316. The van der Waals surface area contributed by atoms with Crippen molar-refractivity contribution in [3.63, 3.8) is 0 Å². The molecule has 0 fully saturated rings. The van der Waals surface area contributed by atoms with E-state index in [2.05, 4.69) is 20.4 Å². The van der Waals surface area contributed by atoms with E-state index in [4.69, 9.17) is 4.74 Å². The molecule has 3 aromatic rings. The van der Waals surface area contributed by atoms with E-state index in [9.17, 15) is 9.59 Å². The lowest BCUT2D eigenvalue weighted by molar-refractivity contribution is -0.119. The van der Waals surface area contributed by atoms with E-state index in [1.54, 1.807) is 0 Å². The molecule has 2 heterocycles. The maximum Gasteiger partial charge on any atom is 0.342 e. The minimum absolute atomic E-state index is 0.272. The molecule has 0 aliphatic carbocycles. The van der Waals surface area contributed by atoms with E-state index in [1.807, 2.05) is 39.0 Å². The first kappa shape index (κ1) is 18.5. The van der Waals surface area contributed by atoms with Crippen molar-refractivity contribution < 1.29 is 14.3 Å². The Labute approximate surface area is 156 Å². The number of fused-ring (bicyclic) bond motifs is 1. The number of anilines is 1. The quantitative estimate of drug-likeness (QED) is 0.672. The van der Waals surface area contributed by atoms with E-state index in [0.29, 0.717) is 17.9 Å². The molecule has 0 unspecified atom stereocenters. The van der Waals surface area contributed by atoms with Crippen LogP contribution in [0.15, 0.2) is 30.7 Å². The van der Waals surface area contributed by atoms with Crippen molar-refractivity contribution in [2.45, 2.75) is 33.6 Å². The number of hydrogen-bond donors (Lipinski definition) is 1. The van der Waals surface area contributed by atoms with E-state index < -0.39 is 5.97 Å². The molecule has 0 aliphatic heterocycles. The van der Waals surface area contributed by atoms with E-state index in [0.717, 1.165) is 23.2 Å². The van der Waals surface area contributed by atoms with Gasteiger partial charge >= 0.3 is 5.97 Å². The Kier molecular flexibility index (Phi) is 5.44. The molecule has 27 heavy (non-hydrogen) atoms. The smallest absolute Gasteiger partial charge is 0.342 e. The lowest BCUT2D eigenvalue weighted by Crippen LogP contribution is -2.23.